The van der Waals surface area contributed by atoms with Gasteiger partial charge in [0.05, 0.1) is 4.47 Å². The molecule has 2 rings (SSSR count). The number of hydrogen-bond donors (Lipinski definition) is 0. The minimum atomic E-state index is -4.13. The highest BCUT2D eigenvalue weighted by Gasteiger charge is 2.27. The fraction of sp³-hybridized carbons (Fsp3) is 0.417. The first-order chi connectivity index (χ1) is 9.20. The number of hydrogen-bond acceptors (Lipinski definition) is 3. The van der Waals surface area contributed by atoms with Gasteiger partial charge in [-0.05, 0) is 46.8 Å². The fourth-order valence-electron chi connectivity index (χ4n) is 1.86. The summed E-state index contributed by atoms with van der Waals surface area (Å²) in [7, 11) is 2.71. The quantitative estimate of drug-likeness (QED) is 0.750. The maximum Gasteiger partial charge on any atom is 0.262 e. The Morgan fingerprint density at radius 3 is 2.60 bits per heavy atom. The molecular formula is C12H12BrClFNO3S. The van der Waals surface area contributed by atoms with Crippen LogP contribution >= 0.6 is 26.6 Å². The van der Waals surface area contributed by atoms with Crippen LogP contribution in [-0.4, -0.2) is 32.8 Å². The lowest BCUT2D eigenvalue weighted by atomic mass is 10.2. The Bertz CT molecular complexity index is 661. The number of carbonyl (C=O) groups is 1. The molecule has 1 aromatic rings. The lowest BCUT2D eigenvalue weighted by molar-refractivity contribution is 0.0788. The molecule has 110 valence electrons. The Morgan fingerprint density at radius 1 is 1.50 bits per heavy atom. The Labute approximate surface area is 129 Å². The second-order valence-corrected chi connectivity index (χ2v) is 8.16. The Hall–Kier alpha value is -0.660. The number of nitrogens with zero attached hydrogens (tertiary/aromatic N) is 1. The summed E-state index contributed by atoms with van der Waals surface area (Å²) in [5.74, 6) is -0.778. The van der Waals surface area contributed by atoms with E-state index in [1.807, 2.05) is 0 Å². The molecule has 0 bridgehead atoms. The third-order valence-corrected chi connectivity index (χ3v) is 5.49. The Balaban J connectivity index is 2.36. The molecule has 1 saturated carbocycles. The Kier molecular flexibility index (Phi) is 4.41. The van der Waals surface area contributed by atoms with Crippen molar-refractivity contribution in [3.05, 3.63) is 28.0 Å². The lowest BCUT2D eigenvalue weighted by Gasteiger charge is -2.17. The van der Waals surface area contributed by atoms with Crippen LogP contribution in [0.15, 0.2) is 21.5 Å². The summed E-state index contributed by atoms with van der Waals surface area (Å²) in [4.78, 5) is 13.2. The van der Waals surface area contributed by atoms with Gasteiger partial charge in [0.2, 0.25) is 0 Å². The van der Waals surface area contributed by atoms with E-state index in [-0.39, 0.29) is 10.0 Å². The minimum absolute atomic E-state index is 0.0342. The highest BCUT2D eigenvalue weighted by Crippen LogP contribution is 2.31. The van der Waals surface area contributed by atoms with E-state index in [0.29, 0.717) is 12.5 Å². The van der Waals surface area contributed by atoms with Crippen molar-refractivity contribution in [1.29, 1.82) is 0 Å². The van der Waals surface area contributed by atoms with Crippen LogP contribution in [-0.2, 0) is 9.05 Å². The second-order valence-electron chi connectivity index (χ2n) is 4.84. The largest absolute Gasteiger partial charge is 0.341 e. The summed E-state index contributed by atoms with van der Waals surface area (Å²) in [6.45, 7) is 0.583. The standard InChI is InChI=1S/C12H12BrClFNO3S/c1-16(6-7-2-3-7)12(17)8-4-9(15)11(13)10(5-8)20(14,18)19/h4-5,7H,2-3,6H2,1H3. The van der Waals surface area contributed by atoms with Crippen LogP contribution in [0.5, 0.6) is 0 Å². The summed E-state index contributed by atoms with van der Waals surface area (Å²) < 4.78 is 36.2. The van der Waals surface area contributed by atoms with Gasteiger partial charge in [-0.2, -0.15) is 0 Å². The molecule has 0 heterocycles. The first-order valence-corrected chi connectivity index (χ1v) is 8.99. The van der Waals surface area contributed by atoms with Crippen molar-refractivity contribution in [1.82, 2.24) is 4.90 Å². The van der Waals surface area contributed by atoms with Gasteiger partial charge in [0, 0.05) is 29.8 Å². The van der Waals surface area contributed by atoms with Crippen molar-refractivity contribution in [2.75, 3.05) is 13.6 Å². The molecule has 4 nitrogen and oxygen atoms in total. The summed E-state index contributed by atoms with van der Waals surface area (Å²) in [6, 6.07) is 2.09. The monoisotopic (exact) mass is 383 g/mol. The molecule has 1 amide bonds. The zero-order valence-electron chi connectivity index (χ0n) is 10.6. The van der Waals surface area contributed by atoms with Crippen molar-refractivity contribution >= 4 is 41.6 Å². The highest BCUT2D eigenvalue weighted by molar-refractivity contribution is 9.10. The lowest BCUT2D eigenvalue weighted by Crippen LogP contribution is -2.29. The van der Waals surface area contributed by atoms with Crippen LogP contribution in [0.1, 0.15) is 23.2 Å². The molecular weight excluding hydrogens is 373 g/mol. The highest BCUT2D eigenvalue weighted by atomic mass is 79.9. The van der Waals surface area contributed by atoms with E-state index in [9.17, 15) is 17.6 Å². The zero-order valence-corrected chi connectivity index (χ0v) is 13.7. The van der Waals surface area contributed by atoms with Gasteiger partial charge in [-0.1, -0.05) is 0 Å². The number of amides is 1. The molecule has 0 atom stereocenters. The van der Waals surface area contributed by atoms with Crippen LogP contribution in [0, 0.1) is 11.7 Å². The Morgan fingerprint density at radius 2 is 2.10 bits per heavy atom. The summed E-state index contributed by atoms with van der Waals surface area (Å²) in [5.41, 5.74) is -0.0342. The fourth-order valence-corrected chi connectivity index (χ4v) is 3.95. The van der Waals surface area contributed by atoms with Gasteiger partial charge in [-0.25, -0.2) is 12.8 Å². The molecule has 0 saturated heterocycles. The van der Waals surface area contributed by atoms with Gasteiger partial charge in [-0.3, -0.25) is 4.79 Å². The van der Waals surface area contributed by atoms with Crippen molar-refractivity contribution in [3.8, 4) is 0 Å². The molecule has 1 aliphatic carbocycles. The first-order valence-electron chi connectivity index (χ1n) is 5.89. The van der Waals surface area contributed by atoms with Crippen molar-refractivity contribution < 1.29 is 17.6 Å². The van der Waals surface area contributed by atoms with E-state index >= 15 is 0 Å². The number of rotatable bonds is 4. The zero-order chi connectivity index (χ0) is 15.1. The van der Waals surface area contributed by atoms with Gasteiger partial charge >= 0.3 is 0 Å². The molecule has 1 aromatic carbocycles. The average Bonchev–Trinajstić information content (AvgIpc) is 3.13. The molecule has 0 spiro atoms. The smallest absolute Gasteiger partial charge is 0.262 e. The van der Waals surface area contributed by atoms with E-state index in [1.54, 1.807) is 7.05 Å². The van der Waals surface area contributed by atoms with Crippen molar-refractivity contribution in [2.24, 2.45) is 5.92 Å². The molecule has 0 radical (unpaired) electrons. The SMILES string of the molecule is CN(CC1CC1)C(=O)c1cc(F)c(Br)c(S(=O)(=O)Cl)c1. The van der Waals surface area contributed by atoms with Gasteiger partial charge in [0.1, 0.15) is 10.7 Å². The van der Waals surface area contributed by atoms with Gasteiger partial charge in [0.15, 0.2) is 0 Å². The number of carbonyl (C=O) groups excluding carboxylic acids is 1. The van der Waals surface area contributed by atoms with Crippen LogP contribution in [0.3, 0.4) is 0 Å². The predicted molar refractivity (Wildman–Crippen MR) is 76.8 cm³/mol. The van der Waals surface area contributed by atoms with Crippen LogP contribution < -0.4 is 0 Å². The summed E-state index contributed by atoms with van der Waals surface area (Å²) in [6.07, 6.45) is 2.15. The molecule has 0 N–H and O–H groups in total. The molecule has 0 aromatic heterocycles. The predicted octanol–water partition coefficient (Wildman–Crippen LogP) is 3.00. The first kappa shape index (κ1) is 15.7. The van der Waals surface area contributed by atoms with Crippen LogP contribution in [0.2, 0.25) is 0 Å². The molecule has 1 aliphatic rings. The third-order valence-electron chi connectivity index (χ3n) is 3.08. The van der Waals surface area contributed by atoms with E-state index in [0.717, 1.165) is 25.0 Å². The normalized spacial score (nSPS) is 15.2. The van der Waals surface area contributed by atoms with Crippen molar-refractivity contribution in [2.45, 2.75) is 17.7 Å². The van der Waals surface area contributed by atoms with E-state index in [1.165, 1.54) is 4.90 Å². The van der Waals surface area contributed by atoms with E-state index < -0.39 is 25.7 Å². The van der Waals surface area contributed by atoms with Gasteiger partial charge < -0.3 is 4.90 Å². The molecule has 1 fully saturated rings. The topological polar surface area (TPSA) is 54.5 Å². The summed E-state index contributed by atoms with van der Waals surface area (Å²) >= 11 is 2.82. The molecule has 0 aliphatic heterocycles. The van der Waals surface area contributed by atoms with E-state index in [4.69, 9.17) is 10.7 Å². The average molecular weight is 385 g/mol. The number of halogens is 3. The van der Waals surface area contributed by atoms with E-state index in [2.05, 4.69) is 15.9 Å². The number of benzene rings is 1. The maximum absolute atomic E-state index is 13.7. The molecule has 20 heavy (non-hydrogen) atoms. The molecule has 0 unspecified atom stereocenters. The summed E-state index contributed by atoms with van der Waals surface area (Å²) in [5, 5.41) is 0. The third kappa shape index (κ3) is 3.51. The van der Waals surface area contributed by atoms with Gasteiger partial charge in [0.25, 0.3) is 15.0 Å². The second kappa shape index (κ2) is 5.61. The minimum Gasteiger partial charge on any atom is -0.341 e. The molecule has 8 heteroatoms. The maximum atomic E-state index is 13.7. The van der Waals surface area contributed by atoms with Crippen LogP contribution in [0.25, 0.3) is 0 Å². The van der Waals surface area contributed by atoms with Gasteiger partial charge in [-0.15, -0.1) is 0 Å². The van der Waals surface area contributed by atoms with Crippen LogP contribution in [0.4, 0.5) is 4.39 Å². The van der Waals surface area contributed by atoms with Crippen molar-refractivity contribution in [3.63, 3.8) is 0 Å².